The maximum absolute atomic E-state index is 12.7. The lowest BCUT2D eigenvalue weighted by atomic mass is 9.46. The van der Waals surface area contributed by atoms with Crippen LogP contribution >= 0.6 is 0 Å². The van der Waals surface area contributed by atoms with Crippen molar-refractivity contribution in [2.24, 2.45) is 39.7 Å². The van der Waals surface area contributed by atoms with Gasteiger partial charge in [0.25, 0.3) is 5.91 Å². The van der Waals surface area contributed by atoms with Crippen molar-refractivity contribution in [2.45, 2.75) is 84.6 Å². The molecule has 3 saturated carbocycles. The quantitative estimate of drug-likeness (QED) is 0.224. The zero-order valence-corrected chi connectivity index (χ0v) is 26.0. The number of fused-ring (bicyclic) bond motifs is 5. The molecule has 2 N–H and O–H groups in total. The van der Waals surface area contributed by atoms with E-state index in [0.717, 1.165) is 63.1 Å². The molecule has 4 aliphatic carbocycles. The maximum atomic E-state index is 12.7. The molecule has 44 heavy (non-hydrogen) atoms. The number of phenols is 1. The van der Waals surface area contributed by atoms with Crippen molar-refractivity contribution in [3.8, 4) is 5.75 Å². The highest BCUT2D eigenvalue weighted by Crippen LogP contribution is 2.66. The van der Waals surface area contributed by atoms with E-state index in [2.05, 4.69) is 30.4 Å². The minimum absolute atomic E-state index is 0.0731. The first-order chi connectivity index (χ1) is 20.9. The second-order valence-electron chi connectivity index (χ2n) is 13.6. The predicted octanol–water partition coefficient (Wildman–Crippen LogP) is 5.04. The van der Waals surface area contributed by atoms with Gasteiger partial charge in [0.15, 0.2) is 12.4 Å². The van der Waals surface area contributed by atoms with Crippen LogP contribution in [-0.4, -0.2) is 53.2 Å². The summed E-state index contributed by atoms with van der Waals surface area (Å²) in [6.07, 6.45) is 10.4. The number of esters is 1. The van der Waals surface area contributed by atoms with Crippen LogP contribution in [0.4, 0.5) is 5.69 Å². The minimum atomic E-state index is -1.11. The third-order valence-corrected chi connectivity index (χ3v) is 11.3. The van der Waals surface area contributed by atoms with E-state index in [1.165, 1.54) is 24.8 Å². The van der Waals surface area contributed by atoms with Crippen molar-refractivity contribution in [2.75, 3.05) is 13.7 Å². The van der Waals surface area contributed by atoms with Crippen molar-refractivity contribution in [3.05, 3.63) is 45.5 Å². The number of phenolic OH excluding ortho intramolecular Hbond substituents is 1. The number of methoxy groups -OCH3 is 1. The van der Waals surface area contributed by atoms with Gasteiger partial charge < -0.3 is 20.0 Å². The summed E-state index contributed by atoms with van der Waals surface area (Å²) in [5, 5.41) is 27.7. The molecule has 1 aromatic rings. The molecule has 0 aliphatic heterocycles. The summed E-state index contributed by atoms with van der Waals surface area (Å²) in [6.45, 7) is 6.13. The van der Waals surface area contributed by atoms with Crippen molar-refractivity contribution in [1.82, 2.24) is 5.32 Å². The molecule has 7 atom stereocenters. The van der Waals surface area contributed by atoms with Crippen LogP contribution in [0, 0.1) is 44.6 Å². The Labute approximate surface area is 257 Å². The van der Waals surface area contributed by atoms with Gasteiger partial charge in [-0.2, -0.15) is 0 Å². The van der Waals surface area contributed by atoms with Gasteiger partial charge in [0, 0.05) is 18.4 Å². The zero-order chi connectivity index (χ0) is 31.8. The van der Waals surface area contributed by atoms with Gasteiger partial charge in [-0.1, -0.05) is 30.6 Å². The fraction of sp³-hybridized carbons (Fsp3) is 0.636. The molecular weight excluding hydrogens is 566 g/mol. The number of carbonyl (C=O) groups excluding carboxylic acids is 3. The number of hydrogen-bond acceptors (Lipinski definition) is 9. The molecule has 0 aromatic heterocycles. The lowest BCUT2D eigenvalue weighted by Crippen LogP contribution is -2.51. The Kier molecular flexibility index (Phi) is 8.87. The third kappa shape index (κ3) is 5.85. The highest BCUT2D eigenvalue weighted by atomic mass is 16.6. The molecule has 238 valence electrons. The third-order valence-electron chi connectivity index (χ3n) is 11.3. The summed E-state index contributed by atoms with van der Waals surface area (Å²) in [7, 11) is 1.18. The molecule has 0 bridgehead atoms. The summed E-state index contributed by atoms with van der Waals surface area (Å²) in [6, 6.07) is 2.65. The number of ether oxygens (including phenoxy) is 1. The second-order valence-corrected chi connectivity index (χ2v) is 13.6. The average Bonchev–Trinajstić information content (AvgIpc) is 3.35. The number of nitro groups is 1. The number of nitrogens with one attached hydrogen (secondary N) is 1. The second kappa shape index (κ2) is 12.3. The van der Waals surface area contributed by atoms with E-state index in [1.54, 1.807) is 6.92 Å². The minimum Gasteiger partial charge on any atom is -0.502 e. The molecule has 0 heterocycles. The molecular formula is C33H43N3O8. The van der Waals surface area contributed by atoms with Gasteiger partial charge >= 0.3 is 11.7 Å². The maximum Gasteiger partial charge on any atom is 0.328 e. The number of amides is 1. The Hall–Kier alpha value is -3.76. The number of hydrogen-bond donors (Lipinski definition) is 2. The molecule has 1 amide bonds. The standard InChI is InChI=1S/C33H43N3O8/c1-19(37)24-8-9-25-23-7-6-21-17-22(11-13-32(21,2)26(23)12-14-33(24,25)3)35-44-18-30(39)34-27(31(40)43-4)15-20-5-10-29(38)28(16-20)36(41)42/h5,10,16-17,23-27,38H,6-9,11-15,18H2,1-4H3,(H,34,39)/t23-,24+,25+,26+,27+,32+,33-/m1/s1. The van der Waals surface area contributed by atoms with Crippen molar-refractivity contribution in [1.29, 1.82) is 0 Å². The number of aromatic hydroxyl groups is 1. The van der Waals surface area contributed by atoms with E-state index in [9.17, 15) is 29.6 Å². The molecule has 0 unspecified atom stereocenters. The summed E-state index contributed by atoms with van der Waals surface area (Å²) < 4.78 is 4.80. The Morgan fingerprint density at radius 2 is 1.91 bits per heavy atom. The predicted molar refractivity (Wildman–Crippen MR) is 162 cm³/mol. The summed E-state index contributed by atoms with van der Waals surface area (Å²) in [5.74, 6) is 0.626. The number of benzene rings is 1. The van der Waals surface area contributed by atoms with Crippen LogP contribution in [-0.2, 0) is 30.4 Å². The van der Waals surface area contributed by atoms with Crippen molar-refractivity contribution >= 4 is 29.1 Å². The Morgan fingerprint density at radius 3 is 2.61 bits per heavy atom. The number of ketones is 1. The van der Waals surface area contributed by atoms with Crippen LogP contribution in [0.1, 0.15) is 77.7 Å². The van der Waals surface area contributed by atoms with Gasteiger partial charge in [-0.15, -0.1) is 0 Å². The first-order valence-corrected chi connectivity index (χ1v) is 15.6. The van der Waals surface area contributed by atoms with Crippen LogP contribution in [0.3, 0.4) is 0 Å². The van der Waals surface area contributed by atoms with Crippen LogP contribution < -0.4 is 5.32 Å². The summed E-state index contributed by atoms with van der Waals surface area (Å²) >= 11 is 0. The largest absolute Gasteiger partial charge is 0.502 e. The molecule has 0 radical (unpaired) electrons. The fourth-order valence-electron chi connectivity index (χ4n) is 9.13. The number of Topliss-reactive ketones (excluding diaryl/α,β-unsaturated/α-hetero) is 1. The van der Waals surface area contributed by atoms with Gasteiger partial charge in [-0.25, -0.2) is 4.79 Å². The molecule has 0 saturated heterocycles. The van der Waals surface area contributed by atoms with E-state index < -0.39 is 40.9 Å². The average molecular weight is 610 g/mol. The van der Waals surface area contributed by atoms with E-state index in [-0.39, 0.29) is 23.2 Å². The normalized spacial score (nSPS) is 32.4. The highest BCUT2D eigenvalue weighted by molar-refractivity contribution is 5.96. The fourth-order valence-corrected chi connectivity index (χ4v) is 9.13. The van der Waals surface area contributed by atoms with E-state index >= 15 is 0 Å². The first-order valence-electron chi connectivity index (χ1n) is 15.6. The molecule has 3 fully saturated rings. The van der Waals surface area contributed by atoms with E-state index in [1.807, 2.05) is 0 Å². The lowest BCUT2D eigenvalue weighted by molar-refractivity contribution is -0.385. The van der Waals surface area contributed by atoms with Crippen LogP contribution in [0.15, 0.2) is 35.0 Å². The molecule has 0 spiro atoms. The first kappa shape index (κ1) is 31.7. The number of nitro benzene ring substituents is 1. The van der Waals surface area contributed by atoms with Crippen LogP contribution in [0.25, 0.3) is 0 Å². The molecule has 5 rings (SSSR count). The highest BCUT2D eigenvalue weighted by Gasteiger charge is 2.59. The van der Waals surface area contributed by atoms with E-state index in [0.29, 0.717) is 29.1 Å². The number of carbonyl (C=O) groups is 3. The van der Waals surface area contributed by atoms with Gasteiger partial charge in [0.1, 0.15) is 11.8 Å². The van der Waals surface area contributed by atoms with Crippen LogP contribution in [0.5, 0.6) is 5.75 Å². The van der Waals surface area contributed by atoms with Crippen LogP contribution in [0.2, 0.25) is 0 Å². The lowest BCUT2D eigenvalue weighted by Gasteiger charge is -2.58. The van der Waals surface area contributed by atoms with Crippen molar-refractivity contribution in [3.63, 3.8) is 0 Å². The Balaban J connectivity index is 1.19. The molecule has 4 aliphatic rings. The monoisotopic (exact) mass is 609 g/mol. The van der Waals surface area contributed by atoms with Crippen molar-refractivity contribution < 1.29 is 34.0 Å². The van der Waals surface area contributed by atoms with Gasteiger partial charge in [-0.05, 0) is 105 Å². The molecule has 11 heteroatoms. The topological polar surface area (TPSA) is 157 Å². The summed E-state index contributed by atoms with van der Waals surface area (Å²) in [5.41, 5.74) is 2.30. The molecule has 1 aromatic carbocycles. The number of rotatable bonds is 9. The van der Waals surface area contributed by atoms with E-state index in [4.69, 9.17) is 9.57 Å². The van der Waals surface area contributed by atoms with Gasteiger partial charge in [0.2, 0.25) is 0 Å². The summed E-state index contributed by atoms with van der Waals surface area (Å²) in [4.78, 5) is 53.3. The Morgan fingerprint density at radius 1 is 1.14 bits per heavy atom. The SMILES string of the molecule is COC(=O)[C@H](Cc1ccc(O)c([N+](=O)[O-])c1)NC(=O)CON=C1C=C2CC[C@@H]3[C@@H]4CC[C@@H](C(C)=O)[C@@]4(C)CC[C@@H]3[C@@]2(C)CC1. The molecule has 11 nitrogen and oxygen atoms in total. The van der Waals surface area contributed by atoms with Gasteiger partial charge in [-0.3, -0.25) is 19.7 Å². The Bertz CT molecular complexity index is 1410. The number of allylic oxidation sites excluding steroid dienone is 2. The smallest absolute Gasteiger partial charge is 0.328 e. The zero-order valence-electron chi connectivity index (χ0n) is 26.0. The number of oxime groups is 1. The van der Waals surface area contributed by atoms with Gasteiger partial charge in [0.05, 0.1) is 17.7 Å². The number of nitrogens with zero attached hydrogens (tertiary/aromatic N) is 2.